The first-order chi connectivity index (χ1) is 39.5. The van der Waals surface area contributed by atoms with Crippen molar-refractivity contribution in [1.82, 2.24) is 0 Å². The van der Waals surface area contributed by atoms with Crippen LogP contribution in [0.25, 0.3) is 0 Å². The van der Waals surface area contributed by atoms with Crippen molar-refractivity contribution in [3.05, 3.63) is 134 Å². The van der Waals surface area contributed by atoms with Crippen molar-refractivity contribution in [1.29, 1.82) is 0 Å². The van der Waals surface area contributed by atoms with Crippen molar-refractivity contribution in [2.45, 2.75) is 303 Å². The molecule has 6 heteroatoms. The van der Waals surface area contributed by atoms with E-state index in [1.807, 2.05) is 0 Å². The molecular weight excluding hydrogens is 985 g/mol. The van der Waals surface area contributed by atoms with Crippen molar-refractivity contribution in [3.63, 3.8) is 0 Å². The van der Waals surface area contributed by atoms with Crippen LogP contribution in [0.2, 0.25) is 0 Å². The van der Waals surface area contributed by atoms with E-state index in [0.717, 1.165) is 122 Å². The van der Waals surface area contributed by atoms with Crippen LogP contribution in [0.4, 0.5) is 0 Å². The van der Waals surface area contributed by atoms with Crippen LogP contribution in [0.5, 0.6) is 0 Å². The van der Waals surface area contributed by atoms with Crippen molar-refractivity contribution in [3.8, 4) is 0 Å². The maximum Gasteiger partial charge on any atom is 0.306 e. The first-order valence-electron chi connectivity index (χ1n) is 33.2. The molecule has 80 heavy (non-hydrogen) atoms. The highest BCUT2D eigenvalue weighted by Gasteiger charge is 2.19. The number of ether oxygens (including phenoxy) is 3. The molecule has 0 heterocycles. The average molecular weight is 1110 g/mol. The molecule has 1 unspecified atom stereocenters. The van der Waals surface area contributed by atoms with Crippen LogP contribution in [-0.4, -0.2) is 37.2 Å². The minimum absolute atomic E-state index is 0.109. The Bertz CT molecular complexity index is 1700. The van der Waals surface area contributed by atoms with Crippen LogP contribution in [0.15, 0.2) is 134 Å². The summed E-state index contributed by atoms with van der Waals surface area (Å²) in [6.45, 7) is 6.43. The summed E-state index contributed by atoms with van der Waals surface area (Å²) in [6, 6.07) is 0. The number of carbonyl (C=O) groups is 3. The minimum Gasteiger partial charge on any atom is -0.462 e. The minimum atomic E-state index is -0.821. The summed E-state index contributed by atoms with van der Waals surface area (Å²) in [5, 5.41) is 0. The molecule has 0 aromatic rings. The highest BCUT2D eigenvalue weighted by atomic mass is 16.6. The van der Waals surface area contributed by atoms with Crippen LogP contribution in [0.1, 0.15) is 297 Å². The second-order valence-corrected chi connectivity index (χ2v) is 21.6. The van der Waals surface area contributed by atoms with Gasteiger partial charge in [-0.25, -0.2) is 0 Å². The van der Waals surface area contributed by atoms with Gasteiger partial charge in [0.15, 0.2) is 6.10 Å². The summed E-state index contributed by atoms with van der Waals surface area (Å²) in [7, 11) is 0. The van der Waals surface area contributed by atoms with Crippen molar-refractivity contribution < 1.29 is 28.6 Å². The summed E-state index contributed by atoms with van der Waals surface area (Å²) in [4.78, 5) is 38.3. The quantitative estimate of drug-likeness (QED) is 0.0261. The van der Waals surface area contributed by atoms with Crippen molar-refractivity contribution >= 4 is 17.9 Å². The summed E-state index contributed by atoms with van der Waals surface area (Å²) >= 11 is 0. The van der Waals surface area contributed by atoms with E-state index in [9.17, 15) is 14.4 Å². The summed E-state index contributed by atoms with van der Waals surface area (Å²) in [5.74, 6) is -0.981. The van der Waals surface area contributed by atoms with Gasteiger partial charge in [0, 0.05) is 19.3 Å². The number of hydrogen-bond donors (Lipinski definition) is 0. The fourth-order valence-electron chi connectivity index (χ4n) is 8.89. The molecule has 0 N–H and O–H groups in total. The predicted octanol–water partition coefficient (Wildman–Crippen LogP) is 22.9. The molecule has 454 valence electrons. The molecule has 0 bridgehead atoms. The first kappa shape index (κ1) is 75.5. The van der Waals surface area contributed by atoms with E-state index in [1.54, 1.807) is 0 Å². The number of unbranched alkanes of at least 4 members (excludes halogenated alkanes) is 26. The second kappa shape index (κ2) is 67.1. The van der Waals surface area contributed by atoms with Gasteiger partial charge in [-0.15, -0.1) is 0 Å². The Morgan fingerprint density at radius 2 is 0.512 bits per heavy atom. The maximum atomic E-state index is 12.9. The SMILES string of the molecule is CC/C=C\C/C=C\C/C=C\C/C=C\C/C=C\C/C=C\C/C=C\CCCC(=O)OC(COC(=O)CCCCCCC/C=C\C/C=C\CCCC)COC(=O)CCCCCCCCCCCCCCC/C=C\C/C=C\CCCCCCC. The van der Waals surface area contributed by atoms with Crippen LogP contribution in [0.3, 0.4) is 0 Å². The van der Waals surface area contributed by atoms with Gasteiger partial charge in [0.05, 0.1) is 0 Å². The van der Waals surface area contributed by atoms with Gasteiger partial charge in [-0.05, 0) is 128 Å². The van der Waals surface area contributed by atoms with Crippen LogP contribution in [0, 0.1) is 0 Å². The van der Waals surface area contributed by atoms with Gasteiger partial charge in [-0.3, -0.25) is 14.4 Å². The largest absolute Gasteiger partial charge is 0.462 e. The Hall–Kier alpha value is -4.45. The van der Waals surface area contributed by atoms with E-state index >= 15 is 0 Å². The van der Waals surface area contributed by atoms with Gasteiger partial charge >= 0.3 is 17.9 Å². The molecule has 0 fully saturated rings. The molecular formula is C74H122O6. The average Bonchev–Trinajstić information content (AvgIpc) is 3.46. The number of esters is 3. The van der Waals surface area contributed by atoms with E-state index in [4.69, 9.17) is 14.2 Å². The molecule has 0 aromatic carbocycles. The normalized spacial score (nSPS) is 13.0. The third-order valence-corrected chi connectivity index (χ3v) is 13.9. The van der Waals surface area contributed by atoms with E-state index in [1.165, 1.54) is 128 Å². The Labute approximate surface area is 494 Å². The Morgan fingerprint density at radius 3 is 0.838 bits per heavy atom. The van der Waals surface area contributed by atoms with Crippen LogP contribution >= 0.6 is 0 Å². The van der Waals surface area contributed by atoms with Gasteiger partial charge in [-0.1, -0.05) is 283 Å². The van der Waals surface area contributed by atoms with Gasteiger partial charge in [0.1, 0.15) is 13.2 Å². The molecule has 0 saturated carbocycles. The van der Waals surface area contributed by atoms with Gasteiger partial charge in [-0.2, -0.15) is 0 Å². The standard InChI is InChI=1S/C74H122O6/c1-4-7-10-13-16-19-22-25-28-30-32-34-36-37-39-40-42-44-46-49-52-55-58-61-64-67-73(76)79-70-71(69-78-72(75)66-63-60-57-54-51-48-27-24-21-18-15-12-9-6-3)80-74(77)68-65-62-59-56-53-50-47-45-43-41-38-35-33-31-29-26-23-20-17-14-11-8-5-2/h8,11,15,17-18,20,22,24-27,29-30,32-33,35,41,43,47,50,56,59,71H,4-7,9-10,12-14,16,19,21,23,28,31,34,36-40,42,44-46,48-49,51-55,57-58,60-70H2,1-3H3/b11-8-,18-15-,20-17-,25-22-,27-24-,29-26-,32-30-,35-33-,43-41-,50-47-,59-56-. The molecule has 0 aliphatic carbocycles. The smallest absolute Gasteiger partial charge is 0.306 e. The zero-order chi connectivity index (χ0) is 57.8. The van der Waals surface area contributed by atoms with E-state index < -0.39 is 6.10 Å². The third-order valence-electron chi connectivity index (χ3n) is 13.9. The lowest BCUT2D eigenvalue weighted by Crippen LogP contribution is -2.30. The Balaban J connectivity index is 4.44. The lowest BCUT2D eigenvalue weighted by molar-refractivity contribution is -0.167. The van der Waals surface area contributed by atoms with Crippen molar-refractivity contribution in [2.24, 2.45) is 0 Å². The number of rotatable bonds is 59. The molecule has 0 aromatic heterocycles. The third kappa shape index (κ3) is 64.4. The van der Waals surface area contributed by atoms with E-state index in [-0.39, 0.29) is 37.5 Å². The summed E-state index contributed by atoms with van der Waals surface area (Å²) < 4.78 is 16.9. The van der Waals surface area contributed by atoms with E-state index in [2.05, 4.69) is 154 Å². The maximum absolute atomic E-state index is 12.9. The molecule has 1 atom stereocenters. The summed E-state index contributed by atoms with van der Waals surface area (Å²) in [6.07, 6.45) is 94.7. The fraction of sp³-hybridized carbons (Fsp3) is 0.662. The second-order valence-electron chi connectivity index (χ2n) is 21.6. The molecule has 0 amide bonds. The Kier molecular flexibility index (Phi) is 63.3. The lowest BCUT2D eigenvalue weighted by atomic mass is 10.0. The zero-order valence-corrected chi connectivity index (χ0v) is 52.0. The van der Waals surface area contributed by atoms with Crippen LogP contribution in [-0.2, 0) is 28.6 Å². The highest BCUT2D eigenvalue weighted by Crippen LogP contribution is 2.15. The molecule has 0 rings (SSSR count). The molecule has 0 aliphatic heterocycles. The van der Waals surface area contributed by atoms with E-state index in [0.29, 0.717) is 19.3 Å². The lowest BCUT2D eigenvalue weighted by Gasteiger charge is -2.18. The Morgan fingerprint density at radius 1 is 0.263 bits per heavy atom. The molecule has 6 nitrogen and oxygen atoms in total. The predicted molar refractivity (Wildman–Crippen MR) is 348 cm³/mol. The molecule has 0 radical (unpaired) electrons. The number of carbonyl (C=O) groups excluding carboxylic acids is 3. The summed E-state index contributed by atoms with van der Waals surface area (Å²) in [5.41, 5.74) is 0. The monoisotopic (exact) mass is 1110 g/mol. The topological polar surface area (TPSA) is 78.9 Å². The molecule has 0 spiro atoms. The zero-order valence-electron chi connectivity index (χ0n) is 52.0. The van der Waals surface area contributed by atoms with Crippen LogP contribution < -0.4 is 0 Å². The van der Waals surface area contributed by atoms with Gasteiger partial charge < -0.3 is 14.2 Å². The molecule has 0 aliphatic rings. The van der Waals surface area contributed by atoms with Gasteiger partial charge in [0.25, 0.3) is 0 Å². The van der Waals surface area contributed by atoms with Gasteiger partial charge in [0.2, 0.25) is 0 Å². The number of hydrogen-bond acceptors (Lipinski definition) is 6. The first-order valence-corrected chi connectivity index (χ1v) is 33.2. The van der Waals surface area contributed by atoms with Crippen molar-refractivity contribution in [2.75, 3.05) is 13.2 Å². The molecule has 0 saturated heterocycles. The highest BCUT2D eigenvalue weighted by molar-refractivity contribution is 5.71. The number of allylic oxidation sites excluding steroid dienone is 22. The fourth-order valence-corrected chi connectivity index (χ4v) is 8.89.